The molecule has 0 fully saturated rings. The lowest BCUT2D eigenvalue weighted by Crippen LogP contribution is -2.22. The van der Waals surface area contributed by atoms with Crippen molar-refractivity contribution in [3.8, 4) is 0 Å². The van der Waals surface area contributed by atoms with E-state index < -0.39 is 0 Å². The van der Waals surface area contributed by atoms with Crippen LogP contribution in [0.5, 0.6) is 0 Å². The van der Waals surface area contributed by atoms with Gasteiger partial charge in [0.1, 0.15) is 7.05 Å². The molecule has 0 saturated heterocycles. The Hall–Kier alpha value is -2.87. The number of benzene rings is 2. The van der Waals surface area contributed by atoms with Crippen molar-refractivity contribution in [2.24, 2.45) is 0 Å². The lowest BCUT2D eigenvalue weighted by molar-refractivity contribution is -0.399. The zero-order chi connectivity index (χ0) is 18.5. The lowest BCUT2D eigenvalue weighted by atomic mass is 9.84. The predicted molar refractivity (Wildman–Crippen MR) is 111 cm³/mol. The van der Waals surface area contributed by atoms with Gasteiger partial charge in [0.15, 0.2) is 0 Å². The maximum absolute atomic E-state index is 4.29. The fraction of sp³-hybridized carbons (Fsp3) is 0.208. The van der Waals surface area contributed by atoms with Crippen LogP contribution in [0.2, 0.25) is 0 Å². The Morgan fingerprint density at radius 3 is 2.46 bits per heavy atom. The number of rotatable bonds is 2. The average molecular weight is 341 g/mol. The molecule has 2 heteroatoms. The molecule has 0 aromatic heterocycles. The van der Waals surface area contributed by atoms with E-state index in [1.54, 1.807) is 0 Å². The molecule has 0 bridgehead atoms. The molecule has 0 amide bonds. The van der Waals surface area contributed by atoms with Gasteiger partial charge in [-0.1, -0.05) is 56.8 Å². The number of allylic oxidation sites excluding steroid dienone is 5. The van der Waals surface area contributed by atoms with Crippen LogP contribution in [0.4, 0.5) is 11.4 Å². The molecular weight excluding hydrogens is 316 g/mol. The molecule has 0 radical (unpaired) electrons. The predicted octanol–water partition coefficient (Wildman–Crippen LogP) is 5.30. The van der Waals surface area contributed by atoms with E-state index in [1.807, 2.05) is 0 Å². The van der Waals surface area contributed by atoms with Crippen LogP contribution in [0.25, 0.3) is 5.57 Å². The highest BCUT2D eigenvalue weighted by atomic mass is 15.2. The summed E-state index contributed by atoms with van der Waals surface area (Å²) in [5.41, 5.74) is 8.65. The van der Waals surface area contributed by atoms with Crippen molar-refractivity contribution in [1.82, 2.24) is 0 Å². The Labute approximate surface area is 156 Å². The maximum Gasteiger partial charge on any atom is 0.213 e. The van der Waals surface area contributed by atoms with Crippen LogP contribution < -0.4 is 4.90 Å². The van der Waals surface area contributed by atoms with Crippen molar-refractivity contribution in [1.29, 1.82) is 0 Å². The number of likely N-dealkylation sites (N-methyl/N-ethyl adjacent to an activating group) is 1. The molecule has 0 unspecified atom stereocenters. The van der Waals surface area contributed by atoms with Crippen LogP contribution in [-0.2, 0) is 5.41 Å². The second kappa shape index (κ2) is 5.84. The minimum absolute atomic E-state index is 0.00188. The van der Waals surface area contributed by atoms with Gasteiger partial charge in [-0.25, -0.2) is 0 Å². The SMILES string of the molecule is C=C1C(/C=C/C=C2/N(C)c3ccccc3C2(C)C)=[N+](C)c2ccccc21. The molecule has 0 aliphatic carbocycles. The summed E-state index contributed by atoms with van der Waals surface area (Å²) in [7, 11) is 4.25. The zero-order valence-electron chi connectivity index (χ0n) is 16.0. The van der Waals surface area contributed by atoms with Crippen molar-refractivity contribution in [2.45, 2.75) is 19.3 Å². The molecule has 26 heavy (non-hydrogen) atoms. The number of fused-ring (bicyclic) bond motifs is 2. The molecule has 0 spiro atoms. The smallest absolute Gasteiger partial charge is 0.213 e. The van der Waals surface area contributed by atoms with E-state index in [2.05, 4.69) is 111 Å². The molecule has 2 aliphatic heterocycles. The standard InChI is InChI=1S/C24H25N2/c1-17-18-11-6-8-13-21(18)25(4)20(17)15-10-16-23-24(2,3)19-12-7-9-14-22(19)26(23)5/h6-16H,1H2,2-5H3/q+1. The van der Waals surface area contributed by atoms with E-state index >= 15 is 0 Å². The Bertz CT molecular complexity index is 1000. The highest BCUT2D eigenvalue weighted by Gasteiger charge is 2.37. The summed E-state index contributed by atoms with van der Waals surface area (Å²) in [5, 5.41) is 0. The molecule has 0 atom stereocenters. The number of nitrogens with zero attached hydrogens (tertiary/aromatic N) is 2. The first-order valence-corrected chi connectivity index (χ1v) is 9.04. The Morgan fingerprint density at radius 2 is 1.73 bits per heavy atom. The third-order valence-corrected chi connectivity index (χ3v) is 5.71. The van der Waals surface area contributed by atoms with Gasteiger partial charge in [0.2, 0.25) is 11.4 Å². The fourth-order valence-electron chi connectivity index (χ4n) is 4.24. The summed E-state index contributed by atoms with van der Waals surface area (Å²) in [6.45, 7) is 8.87. The van der Waals surface area contributed by atoms with Crippen LogP contribution >= 0.6 is 0 Å². The summed E-state index contributed by atoms with van der Waals surface area (Å²) < 4.78 is 2.21. The molecule has 2 heterocycles. The summed E-state index contributed by atoms with van der Waals surface area (Å²) in [4.78, 5) is 2.30. The minimum Gasteiger partial charge on any atom is -0.347 e. The molecule has 0 saturated carbocycles. The first-order valence-electron chi connectivity index (χ1n) is 9.04. The normalized spacial score (nSPS) is 19.6. The van der Waals surface area contributed by atoms with Crippen molar-refractivity contribution in [3.63, 3.8) is 0 Å². The summed E-state index contributed by atoms with van der Waals surface area (Å²) in [6, 6.07) is 17.1. The van der Waals surface area contributed by atoms with Crippen molar-refractivity contribution < 1.29 is 4.58 Å². The van der Waals surface area contributed by atoms with Crippen molar-refractivity contribution >= 4 is 22.7 Å². The van der Waals surface area contributed by atoms with E-state index in [-0.39, 0.29) is 5.41 Å². The second-order valence-corrected chi connectivity index (χ2v) is 7.55. The van der Waals surface area contributed by atoms with Gasteiger partial charge in [-0.05, 0) is 23.8 Å². The molecule has 2 nitrogen and oxygen atoms in total. The van der Waals surface area contributed by atoms with Crippen LogP contribution in [0, 0.1) is 0 Å². The third-order valence-electron chi connectivity index (χ3n) is 5.71. The van der Waals surface area contributed by atoms with Gasteiger partial charge in [-0.3, -0.25) is 0 Å². The van der Waals surface area contributed by atoms with Gasteiger partial charge in [0.25, 0.3) is 0 Å². The lowest BCUT2D eigenvalue weighted by Gasteiger charge is -2.23. The topological polar surface area (TPSA) is 6.25 Å². The first-order chi connectivity index (χ1) is 12.4. The summed E-state index contributed by atoms with van der Waals surface area (Å²) >= 11 is 0. The highest BCUT2D eigenvalue weighted by Crippen LogP contribution is 2.46. The number of para-hydroxylation sites is 2. The monoisotopic (exact) mass is 341 g/mol. The van der Waals surface area contributed by atoms with E-state index in [1.165, 1.54) is 28.2 Å². The van der Waals surface area contributed by atoms with Gasteiger partial charge in [-0.15, -0.1) is 0 Å². The zero-order valence-corrected chi connectivity index (χ0v) is 16.0. The van der Waals surface area contributed by atoms with E-state index in [0.29, 0.717) is 0 Å². The van der Waals surface area contributed by atoms with Crippen LogP contribution in [-0.4, -0.2) is 24.4 Å². The minimum atomic E-state index is 0.00188. The Morgan fingerprint density at radius 1 is 1.04 bits per heavy atom. The largest absolute Gasteiger partial charge is 0.347 e. The van der Waals surface area contributed by atoms with Gasteiger partial charge < -0.3 is 4.90 Å². The van der Waals surface area contributed by atoms with E-state index in [0.717, 1.165) is 11.3 Å². The number of hydrogen-bond donors (Lipinski definition) is 0. The van der Waals surface area contributed by atoms with Crippen LogP contribution in [0.3, 0.4) is 0 Å². The molecule has 2 aromatic carbocycles. The number of hydrogen-bond acceptors (Lipinski definition) is 1. The third kappa shape index (κ3) is 2.29. The average Bonchev–Trinajstić information content (AvgIpc) is 3.00. The van der Waals surface area contributed by atoms with Gasteiger partial charge in [-0.2, -0.15) is 4.58 Å². The van der Waals surface area contributed by atoms with Crippen molar-refractivity contribution in [2.75, 3.05) is 19.0 Å². The molecular formula is C24H25N2+. The van der Waals surface area contributed by atoms with Gasteiger partial charge in [0.05, 0.1) is 11.1 Å². The van der Waals surface area contributed by atoms with Crippen LogP contribution in [0.15, 0.2) is 79.0 Å². The molecule has 130 valence electrons. The van der Waals surface area contributed by atoms with Crippen molar-refractivity contribution in [3.05, 3.63) is 90.2 Å². The Kier molecular flexibility index (Phi) is 3.73. The fourth-order valence-corrected chi connectivity index (χ4v) is 4.24. The summed E-state index contributed by atoms with van der Waals surface area (Å²) in [5.74, 6) is 0. The molecule has 2 aromatic rings. The Balaban J connectivity index is 1.68. The maximum atomic E-state index is 4.29. The first kappa shape index (κ1) is 16.6. The second-order valence-electron chi connectivity index (χ2n) is 7.55. The molecule has 0 N–H and O–H groups in total. The molecule has 4 rings (SSSR count). The quantitative estimate of drug-likeness (QED) is 0.672. The molecule has 2 aliphatic rings. The van der Waals surface area contributed by atoms with Gasteiger partial charge >= 0.3 is 0 Å². The highest BCUT2D eigenvalue weighted by molar-refractivity contribution is 6.29. The van der Waals surface area contributed by atoms with E-state index in [4.69, 9.17) is 0 Å². The van der Waals surface area contributed by atoms with Gasteiger partial charge in [0, 0.05) is 36.0 Å². The number of anilines is 1. The van der Waals surface area contributed by atoms with E-state index in [9.17, 15) is 0 Å². The van der Waals surface area contributed by atoms with Crippen LogP contribution in [0.1, 0.15) is 25.0 Å². The summed E-state index contributed by atoms with van der Waals surface area (Å²) in [6.07, 6.45) is 6.56.